The van der Waals surface area contributed by atoms with Gasteiger partial charge in [0.25, 0.3) is 0 Å². The van der Waals surface area contributed by atoms with Crippen LogP contribution in [0.2, 0.25) is 0 Å². The molecule has 0 radical (unpaired) electrons. The molecule has 0 spiro atoms. The van der Waals surface area contributed by atoms with E-state index in [9.17, 15) is 0 Å². The molecule has 0 aromatic heterocycles. The van der Waals surface area contributed by atoms with E-state index < -0.39 is 0 Å². The fourth-order valence-electron chi connectivity index (χ4n) is 2.10. The Balaban J connectivity index is 1.72. The molecule has 0 aromatic carbocycles. The summed E-state index contributed by atoms with van der Waals surface area (Å²) in [5.41, 5.74) is 0.113. The van der Waals surface area contributed by atoms with E-state index in [0.29, 0.717) is 0 Å². The number of nitrogens with one attached hydrogen (secondary N) is 2. The normalized spacial score (nSPS) is 18.0. The van der Waals surface area contributed by atoms with Crippen molar-refractivity contribution >= 4 is 0 Å². The summed E-state index contributed by atoms with van der Waals surface area (Å²) in [6, 6.07) is 0. The quantitative estimate of drug-likeness (QED) is 0.546. The maximum absolute atomic E-state index is 5.80. The van der Waals surface area contributed by atoms with Gasteiger partial charge in [-0.1, -0.05) is 39.0 Å². The molecule has 1 rings (SSSR count). The minimum Gasteiger partial charge on any atom is -0.371 e. The Kier molecular flexibility index (Phi) is 7.82. The second-order valence-electron chi connectivity index (χ2n) is 5.42. The van der Waals surface area contributed by atoms with Crippen LogP contribution in [0.4, 0.5) is 0 Å². The predicted octanol–water partition coefficient (Wildman–Crippen LogP) is 2.32. The largest absolute Gasteiger partial charge is 0.371 e. The van der Waals surface area contributed by atoms with Crippen molar-refractivity contribution in [1.82, 2.24) is 10.6 Å². The Labute approximate surface area is 107 Å². The van der Waals surface area contributed by atoms with E-state index in [1.807, 2.05) is 0 Å². The molecule has 1 aliphatic rings. The number of unbranched alkanes of at least 4 members (excludes halogenated alkanes) is 5. The third-order valence-corrected chi connectivity index (χ3v) is 3.43. The highest BCUT2D eigenvalue weighted by Crippen LogP contribution is 2.14. The van der Waals surface area contributed by atoms with Crippen LogP contribution in [-0.4, -0.2) is 38.4 Å². The first-order chi connectivity index (χ1) is 8.27. The molecule has 0 aliphatic carbocycles. The van der Waals surface area contributed by atoms with E-state index in [1.165, 1.54) is 38.5 Å². The molecule has 0 bridgehead atoms. The number of rotatable bonds is 11. The van der Waals surface area contributed by atoms with Gasteiger partial charge in [-0.15, -0.1) is 0 Å². The van der Waals surface area contributed by atoms with E-state index in [4.69, 9.17) is 4.74 Å². The van der Waals surface area contributed by atoms with Gasteiger partial charge in [0.1, 0.15) is 0 Å². The van der Waals surface area contributed by atoms with Gasteiger partial charge in [0, 0.05) is 19.6 Å². The lowest BCUT2D eigenvalue weighted by molar-refractivity contribution is -0.0647. The molecule has 3 heteroatoms. The fraction of sp³-hybridized carbons (Fsp3) is 1.00. The second-order valence-corrected chi connectivity index (χ2v) is 5.42. The molecule has 1 heterocycles. The molecule has 3 nitrogen and oxygen atoms in total. The highest BCUT2D eigenvalue weighted by molar-refractivity contribution is 4.90. The van der Waals surface area contributed by atoms with Gasteiger partial charge in [-0.2, -0.15) is 0 Å². The van der Waals surface area contributed by atoms with Gasteiger partial charge in [0.05, 0.1) is 12.2 Å². The molecule has 0 saturated carbocycles. The summed E-state index contributed by atoms with van der Waals surface area (Å²) in [4.78, 5) is 0. The molecular weight excluding hydrogens is 212 g/mol. The van der Waals surface area contributed by atoms with Crippen LogP contribution in [0.15, 0.2) is 0 Å². The number of hydrogen-bond acceptors (Lipinski definition) is 3. The topological polar surface area (TPSA) is 33.3 Å². The smallest absolute Gasteiger partial charge is 0.0902 e. The summed E-state index contributed by atoms with van der Waals surface area (Å²) < 4.78 is 5.80. The summed E-state index contributed by atoms with van der Waals surface area (Å²) in [6.07, 6.45) is 8.22. The standard InChI is InChI=1S/C14H30N2O/c1-3-4-5-6-7-8-9-15-10-11-17-14(2)12-16-13-14/h15-16H,3-13H2,1-2H3. The Hall–Kier alpha value is -0.120. The maximum atomic E-state index is 5.80. The van der Waals surface area contributed by atoms with Crippen molar-refractivity contribution < 1.29 is 4.74 Å². The lowest BCUT2D eigenvalue weighted by Gasteiger charge is -2.39. The minimum absolute atomic E-state index is 0.113. The minimum atomic E-state index is 0.113. The SMILES string of the molecule is CCCCCCCCNCCOC1(C)CNC1. The first-order valence-corrected chi connectivity index (χ1v) is 7.32. The molecule has 17 heavy (non-hydrogen) atoms. The number of ether oxygens (including phenoxy) is 1. The lowest BCUT2D eigenvalue weighted by atomic mass is 10.0. The summed E-state index contributed by atoms with van der Waals surface area (Å²) in [5.74, 6) is 0. The van der Waals surface area contributed by atoms with Crippen LogP contribution in [0.25, 0.3) is 0 Å². The summed E-state index contributed by atoms with van der Waals surface area (Å²) in [5, 5.41) is 6.69. The van der Waals surface area contributed by atoms with Gasteiger partial charge in [0.15, 0.2) is 0 Å². The average molecular weight is 242 g/mol. The van der Waals surface area contributed by atoms with Gasteiger partial charge in [-0.25, -0.2) is 0 Å². The first-order valence-electron chi connectivity index (χ1n) is 7.32. The van der Waals surface area contributed by atoms with Crippen LogP contribution in [0.5, 0.6) is 0 Å². The zero-order chi connectivity index (χ0) is 12.4. The molecule has 1 aliphatic heterocycles. The van der Waals surface area contributed by atoms with Crippen molar-refractivity contribution in [3.05, 3.63) is 0 Å². The maximum Gasteiger partial charge on any atom is 0.0902 e. The van der Waals surface area contributed by atoms with Gasteiger partial charge in [0.2, 0.25) is 0 Å². The van der Waals surface area contributed by atoms with E-state index in [1.54, 1.807) is 0 Å². The van der Waals surface area contributed by atoms with Crippen LogP contribution in [0, 0.1) is 0 Å². The molecule has 1 saturated heterocycles. The van der Waals surface area contributed by atoms with E-state index in [2.05, 4.69) is 24.5 Å². The molecule has 0 atom stereocenters. The average Bonchev–Trinajstić information content (AvgIpc) is 2.29. The number of hydrogen-bond donors (Lipinski definition) is 2. The van der Waals surface area contributed by atoms with E-state index in [0.717, 1.165) is 32.8 Å². The monoisotopic (exact) mass is 242 g/mol. The van der Waals surface area contributed by atoms with E-state index in [-0.39, 0.29) is 5.60 Å². The Morgan fingerprint density at radius 3 is 2.41 bits per heavy atom. The van der Waals surface area contributed by atoms with E-state index >= 15 is 0 Å². The predicted molar refractivity (Wildman–Crippen MR) is 73.5 cm³/mol. The Morgan fingerprint density at radius 1 is 1.06 bits per heavy atom. The van der Waals surface area contributed by atoms with Crippen molar-refractivity contribution in [2.24, 2.45) is 0 Å². The molecule has 0 unspecified atom stereocenters. The van der Waals surface area contributed by atoms with Crippen molar-refractivity contribution in [3.63, 3.8) is 0 Å². The summed E-state index contributed by atoms with van der Waals surface area (Å²) >= 11 is 0. The van der Waals surface area contributed by atoms with Gasteiger partial charge >= 0.3 is 0 Å². The third kappa shape index (κ3) is 7.02. The van der Waals surface area contributed by atoms with Gasteiger partial charge in [-0.05, 0) is 19.9 Å². The van der Waals surface area contributed by atoms with Crippen molar-refractivity contribution in [1.29, 1.82) is 0 Å². The van der Waals surface area contributed by atoms with Crippen molar-refractivity contribution in [2.45, 2.75) is 58.0 Å². The summed E-state index contributed by atoms with van der Waals surface area (Å²) in [6.45, 7) is 9.43. The van der Waals surface area contributed by atoms with Crippen molar-refractivity contribution in [2.75, 3.05) is 32.8 Å². The molecular formula is C14H30N2O. The van der Waals surface area contributed by atoms with Crippen molar-refractivity contribution in [3.8, 4) is 0 Å². The van der Waals surface area contributed by atoms with Crippen LogP contribution < -0.4 is 10.6 Å². The Bertz CT molecular complexity index is 181. The van der Waals surface area contributed by atoms with Gasteiger partial charge < -0.3 is 15.4 Å². The summed E-state index contributed by atoms with van der Waals surface area (Å²) in [7, 11) is 0. The highest BCUT2D eigenvalue weighted by atomic mass is 16.5. The van der Waals surface area contributed by atoms with Crippen LogP contribution in [-0.2, 0) is 4.74 Å². The zero-order valence-corrected chi connectivity index (χ0v) is 11.7. The first kappa shape index (κ1) is 14.9. The van der Waals surface area contributed by atoms with Crippen LogP contribution in [0.3, 0.4) is 0 Å². The molecule has 0 amide bonds. The fourth-order valence-corrected chi connectivity index (χ4v) is 2.10. The second kappa shape index (κ2) is 8.90. The lowest BCUT2D eigenvalue weighted by Crippen LogP contribution is -2.59. The van der Waals surface area contributed by atoms with Gasteiger partial charge in [-0.3, -0.25) is 0 Å². The van der Waals surface area contributed by atoms with Crippen LogP contribution >= 0.6 is 0 Å². The molecule has 1 fully saturated rings. The third-order valence-electron chi connectivity index (χ3n) is 3.43. The Morgan fingerprint density at radius 2 is 1.76 bits per heavy atom. The highest BCUT2D eigenvalue weighted by Gasteiger charge is 2.31. The van der Waals surface area contributed by atoms with Crippen LogP contribution in [0.1, 0.15) is 52.4 Å². The zero-order valence-electron chi connectivity index (χ0n) is 11.7. The molecule has 102 valence electrons. The molecule has 0 aromatic rings. The molecule has 2 N–H and O–H groups in total.